The van der Waals surface area contributed by atoms with Crippen molar-refractivity contribution in [3.63, 3.8) is 0 Å². The van der Waals surface area contributed by atoms with Crippen LogP contribution >= 0.6 is 0 Å². The van der Waals surface area contributed by atoms with E-state index in [0.717, 1.165) is 12.8 Å². The average Bonchev–Trinajstić information content (AvgIpc) is 2.48. The van der Waals surface area contributed by atoms with E-state index in [9.17, 15) is 0 Å². The van der Waals surface area contributed by atoms with Crippen LogP contribution in [0.15, 0.2) is 73.4 Å². The minimum atomic E-state index is 1.06. The van der Waals surface area contributed by atoms with Crippen LogP contribution in [0.1, 0.15) is 25.3 Å². The van der Waals surface area contributed by atoms with E-state index in [-0.39, 0.29) is 0 Å². The van der Waals surface area contributed by atoms with Gasteiger partial charge >= 0.3 is 0 Å². The van der Waals surface area contributed by atoms with Crippen molar-refractivity contribution in [1.82, 2.24) is 0 Å². The van der Waals surface area contributed by atoms with Crippen LogP contribution in [0.5, 0.6) is 0 Å². The molecule has 0 saturated heterocycles. The Hall–Kier alpha value is -2.02. The molecule has 108 valence electrons. The summed E-state index contributed by atoms with van der Waals surface area (Å²) in [5.41, 5.74) is 3.75. The Bertz CT molecular complexity index is 453. The number of hydrogen-bond donors (Lipinski definition) is 1. The summed E-state index contributed by atoms with van der Waals surface area (Å²) in [4.78, 5) is 0. The van der Waals surface area contributed by atoms with Crippen molar-refractivity contribution in [2.75, 3.05) is 12.4 Å². The van der Waals surface area contributed by atoms with Gasteiger partial charge in [0.1, 0.15) is 0 Å². The number of nitrogens with one attached hydrogen (secondary N) is 1. The van der Waals surface area contributed by atoms with Gasteiger partial charge in [-0.15, -0.1) is 0 Å². The number of rotatable bonds is 6. The minimum Gasteiger partial charge on any atom is -0.388 e. The van der Waals surface area contributed by atoms with Gasteiger partial charge in [-0.3, -0.25) is 0 Å². The molecule has 0 atom stereocenters. The third kappa shape index (κ3) is 8.15. The van der Waals surface area contributed by atoms with Crippen LogP contribution in [0.2, 0.25) is 0 Å². The summed E-state index contributed by atoms with van der Waals surface area (Å²) in [6.07, 6.45) is 12.0. The molecule has 0 aliphatic carbocycles. The van der Waals surface area contributed by atoms with E-state index in [2.05, 4.69) is 49.7 Å². The molecular weight excluding hydrogens is 242 g/mol. The van der Waals surface area contributed by atoms with Gasteiger partial charge < -0.3 is 5.32 Å². The maximum Gasteiger partial charge on any atom is 0.0367 e. The van der Waals surface area contributed by atoms with E-state index in [4.69, 9.17) is 0 Å². The molecule has 1 aromatic carbocycles. The van der Waals surface area contributed by atoms with Crippen LogP contribution in [0.3, 0.4) is 0 Å². The van der Waals surface area contributed by atoms with E-state index < -0.39 is 0 Å². The number of hydrogen-bond acceptors (Lipinski definition) is 1. The molecule has 0 aliphatic rings. The maximum absolute atomic E-state index is 3.72. The van der Waals surface area contributed by atoms with Gasteiger partial charge in [-0.05, 0) is 43.9 Å². The SMILES string of the molecule is C=C/C=C(\C=C)CC/C=C\C.CNc1ccccc1C. The highest BCUT2D eigenvalue weighted by Gasteiger charge is 1.88. The smallest absolute Gasteiger partial charge is 0.0367 e. The molecule has 0 heterocycles. The Kier molecular flexibility index (Phi) is 10.8. The molecular formula is C19H27N. The fourth-order valence-corrected chi connectivity index (χ4v) is 1.67. The summed E-state index contributed by atoms with van der Waals surface area (Å²) < 4.78 is 0. The maximum atomic E-state index is 3.72. The zero-order valence-electron chi connectivity index (χ0n) is 13.0. The van der Waals surface area contributed by atoms with Crippen LogP contribution in [-0.2, 0) is 0 Å². The van der Waals surface area contributed by atoms with Crippen molar-refractivity contribution >= 4 is 5.69 Å². The van der Waals surface area contributed by atoms with Gasteiger partial charge in [-0.2, -0.15) is 0 Å². The number of benzene rings is 1. The number of para-hydroxylation sites is 1. The normalized spacial score (nSPS) is 10.7. The molecule has 0 radical (unpaired) electrons. The third-order valence-electron chi connectivity index (χ3n) is 2.84. The molecule has 0 bridgehead atoms. The van der Waals surface area contributed by atoms with Crippen molar-refractivity contribution < 1.29 is 0 Å². The lowest BCUT2D eigenvalue weighted by molar-refractivity contribution is 1.01. The summed E-state index contributed by atoms with van der Waals surface area (Å²) in [5, 5.41) is 3.10. The van der Waals surface area contributed by atoms with Gasteiger partial charge in [-0.25, -0.2) is 0 Å². The van der Waals surface area contributed by atoms with E-state index in [0.29, 0.717) is 0 Å². The molecule has 1 aromatic rings. The summed E-state index contributed by atoms with van der Waals surface area (Å²) >= 11 is 0. The van der Waals surface area contributed by atoms with E-state index in [1.807, 2.05) is 38.3 Å². The van der Waals surface area contributed by atoms with Gasteiger partial charge in [0.05, 0.1) is 0 Å². The van der Waals surface area contributed by atoms with Crippen molar-refractivity contribution in [3.8, 4) is 0 Å². The Balaban J connectivity index is 0.000000367. The van der Waals surface area contributed by atoms with Crippen molar-refractivity contribution in [1.29, 1.82) is 0 Å². The largest absolute Gasteiger partial charge is 0.388 e. The second-order valence-electron chi connectivity index (χ2n) is 4.35. The first-order valence-corrected chi connectivity index (χ1v) is 6.98. The van der Waals surface area contributed by atoms with Gasteiger partial charge in [0.2, 0.25) is 0 Å². The van der Waals surface area contributed by atoms with Gasteiger partial charge in [0.25, 0.3) is 0 Å². The molecule has 0 amide bonds. The topological polar surface area (TPSA) is 12.0 Å². The predicted molar refractivity (Wildman–Crippen MR) is 93.3 cm³/mol. The highest BCUT2D eigenvalue weighted by molar-refractivity contribution is 5.49. The summed E-state index contributed by atoms with van der Waals surface area (Å²) in [5.74, 6) is 0. The first-order valence-electron chi connectivity index (χ1n) is 6.98. The predicted octanol–water partition coefficient (Wildman–Crippen LogP) is 5.68. The lowest BCUT2D eigenvalue weighted by Crippen LogP contribution is -1.89. The fourth-order valence-electron chi connectivity index (χ4n) is 1.67. The summed E-state index contributed by atoms with van der Waals surface area (Å²) in [6, 6.07) is 8.22. The van der Waals surface area contributed by atoms with Crippen molar-refractivity contribution in [2.45, 2.75) is 26.7 Å². The molecule has 1 nitrogen and oxygen atoms in total. The number of allylic oxidation sites excluding steroid dienone is 6. The first-order chi connectivity index (χ1) is 9.69. The summed E-state index contributed by atoms with van der Waals surface area (Å²) in [6.45, 7) is 11.5. The van der Waals surface area contributed by atoms with Crippen molar-refractivity contribution in [2.24, 2.45) is 0 Å². The molecule has 1 N–H and O–H groups in total. The van der Waals surface area contributed by atoms with Crippen molar-refractivity contribution in [3.05, 3.63) is 78.9 Å². The fraction of sp³-hybridized carbons (Fsp3) is 0.263. The minimum absolute atomic E-state index is 1.06. The van der Waals surface area contributed by atoms with Gasteiger partial charge in [-0.1, -0.05) is 61.7 Å². The number of aryl methyl sites for hydroxylation is 1. The molecule has 0 unspecified atom stereocenters. The molecule has 0 spiro atoms. The standard InChI is InChI=1S/C11H16.C8H11N/c1-4-7-8-10-11(6-3)9-5-2;1-7-5-3-4-6-8(7)9-2/h4-7,9H,2-3,8,10H2,1H3;3-6,9H,1-2H3/b7-4-,11-9+;. The quantitative estimate of drug-likeness (QED) is 0.517. The molecule has 1 heteroatoms. The highest BCUT2D eigenvalue weighted by atomic mass is 14.8. The first kappa shape index (κ1) is 18.0. The monoisotopic (exact) mass is 269 g/mol. The van der Waals surface area contributed by atoms with Crippen LogP contribution < -0.4 is 5.32 Å². The van der Waals surface area contributed by atoms with Gasteiger partial charge in [0, 0.05) is 12.7 Å². The summed E-state index contributed by atoms with van der Waals surface area (Å²) in [7, 11) is 1.93. The third-order valence-corrected chi connectivity index (χ3v) is 2.84. The second-order valence-corrected chi connectivity index (χ2v) is 4.35. The lowest BCUT2D eigenvalue weighted by atomic mass is 10.1. The van der Waals surface area contributed by atoms with Crippen LogP contribution in [0.4, 0.5) is 5.69 Å². The second kappa shape index (κ2) is 12.0. The van der Waals surface area contributed by atoms with E-state index in [1.165, 1.54) is 16.8 Å². The molecule has 0 aliphatic heterocycles. The Morgan fingerprint density at radius 3 is 2.40 bits per heavy atom. The average molecular weight is 269 g/mol. The molecule has 1 rings (SSSR count). The lowest BCUT2D eigenvalue weighted by Gasteiger charge is -2.01. The molecule has 0 aromatic heterocycles. The zero-order chi connectivity index (χ0) is 15.2. The molecule has 0 saturated carbocycles. The van der Waals surface area contributed by atoms with E-state index in [1.54, 1.807) is 6.08 Å². The molecule has 20 heavy (non-hydrogen) atoms. The Morgan fingerprint density at radius 2 is 1.95 bits per heavy atom. The molecule has 0 fully saturated rings. The zero-order valence-corrected chi connectivity index (χ0v) is 13.0. The van der Waals surface area contributed by atoms with Crippen LogP contribution in [0.25, 0.3) is 0 Å². The Morgan fingerprint density at radius 1 is 1.25 bits per heavy atom. The Labute approximate surface area is 124 Å². The highest BCUT2D eigenvalue weighted by Crippen LogP contribution is 2.10. The van der Waals surface area contributed by atoms with Gasteiger partial charge in [0.15, 0.2) is 0 Å². The number of anilines is 1. The van der Waals surface area contributed by atoms with E-state index >= 15 is 0 Å². The van der Waals surface area contributed by atoms with Crippen LogP contribution in [0, 0.1) is 6.92 Å². The van der Waals surface area contributed by atoms with Crippen LogP contribution in [-0.4, -0.2) is 7.05 Å².